The molecule has 1 aliphatic rings. The van der Waals surface area contributed by atoms with E-state index in [1.165, 1.54) is 10.4 Å². The summed E-state index contributed by atoms with van der Waals surface area (Å²) in [5.41, 5.74) is 2.34. The van der Waals surface area contributed by atoms with Gasteiger partial charge in [0.15, 0.2) is 0 Å². The summed E-state index contributed by atoms with van der Waals surface area (Å²) in [5, 5.41) is 2.05. The van der Waals surface area contributed by atoms with E-state index in [4.69, 9.17) is 4.74 Å². The number of ether oxygens (including phenoxy) is 1. The number of benzene rings is 3. The number of hydrogen-bond acceptors (Lipinski definition) is 4. The van der Waals surface area contributed by atoms with Crippen LogP contribution in [0.4, 0.5) is 0 Å². The van der Waals surface area contributed by atoms with Crippen LogP contribution in [-0.4, -0.2) is 25.3 Å². The summed E-state index contributed by atoms with van der Waals surface area (Å²) in [6, 6.07) is 20.2. The lowest BCUT2D eigenvalue weighted by Gasteiger charge is -2.44. The fraction of sp³-hybridized carbons (Fsp3) is 0.208. The molecule has 3 aromatic carbocycles. The van der Waals surface area contributed by atoms with Gasteiger partial charge in [-0.25, -0.2) is 13.2 Å². The van der Waals surface area contributed by atoms with Gasteiger partial charge in [-0.3, -0.25) is 4.31 Å². The molecule has 3 aromatic rings. The highest BCUT2D eigenvalue weighted by Gasteiger charge is 2.43. The Morgan fingerprint density at radius 2 is 1.77 bits per heavy atom. The first-order chi connectivity index (χ1) is 14.4. The zero-order valence-corrected chi connectivity index (χ0v) is 17.7. The number of nitrogens with zero attached hydrogens (tertiary/aromatic N) is 1. The van der Waals surface area contributed by atoms with Gasteiger partial charge in [0.05, 0.1) is 17.5 Å². The zero-order valence-electron chi connectivity index (χ0n) is 16.9. The van der Waals surface area contributed by atoms with E-state index in [-0.39, 0.29) is 17.5 Å². The van der Waals surface area contributed by atoms with Gasteiger partial charge in [-0.1, -0.05) is 60.2 Å². The summed E-state index contributed by atoms with van der Waals surface area (Å²) < 4.78 is 33.4. The van der Waals surface area contributed by atoms with E-state index >= 15 is 0 Å². The van der Waals surface area contributed by atoms with E-state index in [1.54, 1.807) is 31.2 Å². The van der Waals surface area contributed by atoms with E-state index in [1.807, 2.05) is 49.4 Å². The largest absolute Gasteiger partial charge is 0.463 e. The third kappa shape index (κ3) is 3.59. The fourth-order valence-corrected chi connectivity index (χ4v) is 5.49. The third-order valence-electron chi connectivity index (χ3n) is 5.30. The monoisotopic (exact) mass is 421 g/mol. The van der Waals surface area contributed by atoms with E-state index in [0.29, 0.717) is 12.1 Å². The van der Waals surface area contributed by atoms with Gasteiger partial charge >= 0.3 is 5.97 Å². The lowest BCUT2D eigenvalue weighted by atomic mass is 9.90. The number of fused-ring (bicyclic) bond motifs is 1. The number of rotatable bonds is 5. The predicted octanol–water partition coefficient (Wildman–Crippen LogP) is 4.73. The Hall–Kier alpha value is -3.12. The number of hydrogen-bond donors (Lipinski definition) is 0. The van der Waals surface area contributed by atoms with Crippen molar-refractivity contribution < 1.29 is 17.9 Å². The minimum absolute atomic E-state index is 0.202. The average Bonchev–Trinajstić information content (AvgIpc) is 2.71. The molecule has 0 aromatic heterocycles. The summed E-state index contributed by atoms with van der Waals surface area (Å²) >= 11 is 0. The van der Waals surface area contributed by atoms with Crippen LogP contribution in [0.25, 0.3) is 10.8 Å². The Balaban J connectivity index is 1.81. The predicted molar refractivity (Wildman–Crippen MR) is 116 cm³/mol. The maximum absolute atomic E-state index is 13.5. The molecular formula is C24H23NO4S. The number of carbonyl (C=O) groups excluding carboxylic acids is 1. The Morgan fingerprint density at radius 1 is 1.07 bits per heavy atom. The molecule has 1 aliphatic heterocycles. The minimum atomic E-state index is -3.84. The standard InChI is InChI=1S/C24H23NO4S/c1-3-29-24(26)16-19-15-23(22-10-6-8-18-7-4-5-9-21(18)22)25(19)30(27,28)20-13-11-17(2)12-14-20/h4-14,16,23H,3,15H2,1-2H3/b19-16-. The summed E-state index contributed by atoms with van der Waals surface area (Å²) in [5.74, 6) is -0.534. The second-order valence-corrected chi connectivity index (χ2v) is 9.10. The molecule has 0 radical (unpaired) electrons. The van der Waals surface area contributed by atoms with Crippen molar-refractivity contribution in [2.45, 2.75) is 31.2 Å². The molecule has 1 fully saturated rings. The van der Waals surface area contributed by atoms with Gasteiger partial charge in [0, 0.05) is 18.2 Å². The maximum Gasteiger partial charge on any atom is 0.332 e. The molecule has 154 valence electrons. The first kappa shape index (κ1) is 20.2. The normalized spacial score (nSPS) is 17.7. The second-order valence-electron chi connectivity index (χ2n) is 7.29. The summed E-state index contributed by atoms with van der Waals surface area (Å²) in [4.78, 5) is 12.2. The van der Waals surface area contributed by atoms with Crippen LogP contribution in [-0.2, 0) is 19.6 Å². The molecule has 0 amide bonds. The Labute approximate surface area is 176 Å². The lowest BCUT2D eigenvalue weighted by Crippen LogP contribution is -2.43. The fourth-order valence-electron chi connectivity index (χ4n) is 3.82. The number of esters is 1. The van der Waals surface area contributed by atoms with Crippen molar-refractivity contribution in [2.24, 2.45) is 0 Å². The van der Waals surface area contributed by atoms with Crippen molar-refractivity contribution in [3.63, 3.8) is 0 Å². The van der Waals surface area contributed by atoms with Crippen molar-refractivity contribution in [3.8, 4) is 0 Å². The maximum atomic E-state index is 13.5. The molecule has 0 bridgehead atoms. The Kier molecular flexibility index (Phi) is 5.35. The van der Waals surface area contributed by atoms with Gasteiger partial charge < -0.3 is 4.74 Å². The molecule has 1 atom stereocenters. The Bertz CT molecular complexity index is 1220. The molecule has 1 unspecified atom stereocenters. The average molecular weight is 422 g/mol. The highest BCUT2D eigenvalue weighted by molar-refractivity contribution is 7.89. The van der Waals surface area contributed by atoms with E-state index in [9.17, 15) is 13.2 Å². The summed E-state index contributed by atoms with van der Waals surface area (Å²) in [6.45, 7) is 3.86. The van der Waals surface area contributed by atoms with Crippen LogP contribution in [0.5, 0.6) is 0 Å². The lowest BCUT2D eigenvalue weighted by molar-refractivity contribution is -0.137. The van der Waals surface area contributed by atoms with E-state index in [2.05, 4.69) is 0 Å². The van der Waals surface area contributed by atoms with Gasteiger partial charge in [0.1, 0.15) is 0 Å². The summed E-state index contributed by atoms with van der Waals surface area (Å²) in [7, 11) is -3.84. The zero-order chi connectivity index (χ0) is 21.3. The number of carbonyl (C=O) groups is 1. The molecule has 0 spiro atoms. The molecule has 0 aliphatic carbocycles. The minimum Gasteiger partial charge on any atom is -0.463 e. The highest BCUT2D eigenvalue weighted by atomic mass is 32.2. The molecule has 0 N–H and O–H groups in total. The van der Waals surface area contributed by atoms with E-state index < -0.39 is 16.0 Å². The molecule has 0 saturated carbocycles. The molecule has 4 rings (SSSR count). The van der Waals surface area contributed by atoms with Crippen LogP contribution < -0.4 is 0 Å². The molecular weight excluding hydrogens is 398 g/mol. The van der Waals surface area contributed by atoms with Crippen LogP contribution in [0.2, 0.25) is 0 Å². The first-order valence-corrected chi connectivity index (χ1v) is 11.3. The Morgan fingerprint density at radius 3 is 2.50 bits per heavy atom. The van der Waals surface area contributed by atoms with Crippen LogP contribution in [0.3, 0.4) is 0 Å². The molecule has 6 heteroatoms. The van der Waals surface area contributed by atoms with Gasteiger partial charge in [-0.15, -0.1) is 0 Å². The molecule has 1 heterocycles. The van der Waals surface area contributed by atoms with Crippen LogP contribution >= 0.6 is 0 Å². The van der Waals surface area contributed by atoms with Crippen LogP contribution in [0, 0.1) is 6.92 Å². The highest BCUT2D eigenvalue weighted by Crippen LogP contribution is 2.47. The van der Waals surface area contributed by atoms with Crippen molar-refractivity contribution in [2.75, 3.05) is 6.61 Å². The van der Waals surface area contributed by atoms with Crippen molar-refractivity contribution in [1.82, 2.24) is 4.31 Å². The van der Waals surface area contributed by atoms with Crippen molar-refractivity contribution in [1.29, 1.82) is 0 Å². The van der Waals surface area contributed by atoms with Gasteiger partial charge in [0.2, 0.25) is 0 Å². The third-order valence-corrected chi connectivity index (χ3v) is 7.17. The van der Waals surface area contributed by atoms with Crippen molar-refractivity contribution in [3.05, 3.63) is 89.6 Å². The van der Waals surface area contributed by atoms with Gasteiger partial charge in [0.25, 0.3) is 10.0 Å². The smallest absolute Gasteiger partial charge is 0.332 e. The van der Waals surface area contributed by atoms with Crippen LogP contribution in [0.15, 0.2) is 83.4 Å². The van der Waals surface area contributed by atoms with Gasteiger partial charge in [-0.05, 0) is 42.3 Å². The first-order valence-electron chi connectivity index (χ1n) is 9.88. The summed E-state index contributed by atoms with van der Waals surface area (Å²) in [6.07, 6.45) is 1.73. The SMILES string of the molecule is CCOC(=O)/C=C1/CC(c2cccc3ccccc23)N1S(=O)(=O)c1ccc(C)cc1. The molecule has 1 saturated heterocycles. The number of sulfonamides is 1. The second kappa shape index (κ2) is 7.95. The molecule has 5 nitrogen and oxygen atoms in total. The van der Waals surface area contributed by atoms with Crippen LogP contribution in [0.1, 0.15) is 30.5 Å². The quantitative estimate of drug-likeness (QED) is 0.441. The van der Waals surface area contributed by atoms with Crippen molar-refractivity contribution >= 4 is 26.8 Å². The molecule has 30 heavy (non-hydrogen) atoms. The topological polar surface area (TPSA) is 63.7 Å². The number of aryl methyl sites for hydroxylation is 1. The van der Waals surface area contributed by atoms with Gasteiger partial charge in [-0.2, -0.15) is 0 Å². The van der Waals surface area contributed by atoms with E-state index in [0.717, 1.165) is 21.9 Å².